The van der Waals surface area contributed by atoms with Gasteiger partial charge in [0.1, 0.15) is 0 Å². The molecule has 0 atom stereocenters. The molecule has 0 heterocycles. The first-order valence-electron chi connectivity index (χ1n) is 2.77. The third kappa shape index (κ3) is 15.8. The molecule has 0 aliphatic rings. The summed E-state index contributed by atoms with van der Waals surface area (Å²) in [5, 5.41) is 29.9. The minimum atomic E-state index is -1.50. The van der Waals surface area contributed by atoms with E-state index in [9.17, 15) is 4.79 Å². The molecule has 0 fully saturated rings. The summed E-state index contributed by atoms with van der Waals surface area (Å²) >= 11 is 0. The molecule has 12 heavy (non-hydrogen) atoms. The van der Waals surface area contributed by atoms with Crippen molar-refractivity contribution in [1.82, 2.24) is 0 Å². The third-order valence-corrected chi connectivity index (χ3v) is 0.716. The summed E-state index contributed by atoms with van der Waals surface area (Å²) in [5.74, 6) is -1.04. The van der Waals surface area contributed by atoms with Crippen molar-refractivity contribution in [2.24, 2.45) is 0 Å². The molecule has 0 aromatic rings. The first kappa shape index (κ1) is 13.0. The van der Waals surface area contributed by atoms with Crippen LogP contribution in [0.2, 0.25) is 0 Å². The molecule has 70 valence electrons. The fourth-order valence-corrected chi connectivity index (χ4v) is 0.242. The summed E-state index contributed by atoms with van der Waals surface area (Å²) in [7, 11) is 0. The van der Waals surface area contributed by atoms with Gasteiger partial charge in [-0.05, 0) is 0 Å². The first-order valence-corrected chi connectivity index (χ1v) is 2.77. The van der Waals surface area contributed by atoms with Crippen LogP contribution in [0.1, 0.15) is 6.42 Å². The van der Waals surface area contributed by atoms with Crippen LogP contribution in [0.3, 0.4) is 0 Å². The van der Waals surface area contributed by atoms with Gasteiger partial charge < -0.3 is 15.4 Å². The van der Waals surface area contributed by atoms with Crippen LogP contribution in [0.4, 0.5) is 0 Å². The Morgan fingerprint density at radius 2 is 1.92 bits per heavy atom. The van der Waals surface area contributed by atoms with Gasteiger partial charge in [0.05, 0.1) is 0 Å². The Morgan fingerprint density at radius 3 is 2.00 bits per heavy atom. The first-order chi connectivity index (χ1) is 5.41. The van der Waals surface area contributed by atoms with Gasteiger partial charge in [0.25, 0.3) is 5.09 Å². The maximum Gasteiger partial charge on any atom is 0.331 e. The molecule has 7 nitrogen and oxygen atoms in total. The van der Waals surface area contributed by atoms with Gasteiger partial charge in [-0.3, -0.25) is 0 Å². The molecule has 0 rings (SSSR count). The summed E-state index contributed by atoms with van der Waals surface area (Å²) in [6.45, 7) is 3.04. The lowest BCUT2D eigenvalue weighted by Crippen LogP contribution is -2.00. The van der Waals surface area contributed by atoms with Crippen LogP contribution in [0, 0.1) is 10.1 Å². The lowest BCUT2D eigenvalue weighted by atomic mass is 10.2. The van der Waals surface area contributed by atoms with E-state index in [1.807, 2.05) is 0 Å². The summed E-state index contributed by atoms with van der Waals surface area (Å²) in [6, 6.07) is 0. The van der Waals surface area contributed by atoms with Gasteiger partial charge in [0, 0.05) is 18.6 Å². The molecule has 3 N–H and O–H groups in total. The van der Waals surface area contributed by atoms with E-state index in [-0.39, 0.29) is 18.6 Å². The molecule has 0 saturated carbocycles. The number of nitrogens with zero attached hydrogens (tertiary/aromatic N) is 1. The van der Waals surface area contributed by atoms with Crippen molar-refractivity contribution in [1.29, 1.82) is 0 Å². The van der Waals surface area contributed by atoms with E-state index in [1.165, 1.54) is 0 Å². The van der Waals surface area contributed by atoms with Crippen molar-refractivity contribution in [2.45, 2.75) is 6.42 Å². The zero-order valence-electron chi connectivity index (χ0n) is 6.13. The van der Waals surface area contributed by atoms with Gasteiger partial charge in [0.2, 0.25) is 0 Å². The minimum absolute atomic E-state index is 0.0486. The van der Waals surface area contributed by atoms with Crippen LogP contribution < -0.4 is 0 Å². The van der Waals surface area contributed by atoms with Crippen LogP contribution in [-0.4, -0.2) is 33.1 Å². The lowest BCUT2D eigenvalue weighted by Gasteiger charge is -1.91. The van der Waals surface area contributed by atoms with E-state index in [0.29, 0.717) is 0 Å². The standard InChI is InChI=1S/C5H8O3.HNO3/c1-4(2-3-6)5(7)8;2-1(3)4/h6H,1-3H2,(H,7,8);(H,2,3,4). The van der Waals surface area contributed by atoms with Crippen molar-refractivity contribution in [3.63, 3.8) is 0 Å². The van der Waals surface area contributed by atoms with Gasteiger partial charge >= 0.3 is 5.97 Å². The summed E-state index contributed by atoms with van der Waals surface area (Å²) < 4.78 is 0. The second-order valence-corrected chi connectivity index (χ2v) is 1.62. The van der Waals surface area contributed by atoms with Crippen LogP contribution in [0.25, 0.3) is 0 Å². The summed E-state index contributed by atoms with van der Waals surface area (Å²) in [5.41, 5.74) is 0.0486. The second kappa shape index (κ2) is 7.48. The average Bonchev–Trinajstić information content (AvgIpc) is 1.86. The Balaban J connectivity index is 0. The zero-order chi connectivity index (χ0) is 10.1. The summed E-state index contributed by atoms with van der Waals surface area (Å²) in [4.78, 5) is 18.2. The second-order valence-electron chi connectivity index (χ2n) is 1.62. The van der Waals surface area contributed by atoms with Crippen LogP contribution >= 0.6 is 0 Å². The lowest BCUT2D eigenvalue weighted by molar-refractivity contribution is -0.742. The molecular formula is C5H9NO6. The number of carboxylic acids is 1. The number of carbonyl (C=O) groups is 1. The van der Waals surface area contributed by atoms with Gasteiger partial charge in [-0.15, -0.1) is 10.1 Å². The number of hydrogen-bond acceptors (Lipinski definition) is 4. The highest BCUT2D eigenvalue weighted by Gasteiger charge is 1.99. The number of aliphatic hydroxyl groups is 1. The van der Waals surface area contributed by atoms with E-state index >= 15 is 0 Å². The maximum absolute atomic E-state index is 9.88. The molecule has 0 bridgehead atoms. The molecule has 0 aliphatic carbocycles. The molecule has 0 spiro atoms. The predicted octanol–water partition coefficient (Wildman–Crippen LogP) is -0.338. The molecule has 7 heteroatoms. The van der Waals surface area contributed by atoms with E-state index in [2.05, 4.69) is 6.58 Å². The Hall–Kier alpha value is -1.63. The highest BCUT2D eigenvalue weighted by molar-refractivity contribution is 5.85. The monoisotopic (exact) mass is 179 g/mol. The predicted molar refractivity (Wildman–Crippen MR) is 37.3 cm³/mol. The number of carboxylic acid groups (broad SMARTS) is 1. The Labute approximate surface area is 67.7 Å². The van der Waals surface area contributed by atoms with Crippen molar-refractivity contribution in [3.05, 3.63) is 22.3 Å². The van der Waals surface area contributed by atoms with Gasteiger partial charge in [0.15, 0.2) is 0 Å². The van der Waals surface area contributed by atoms with Crippen molar-refractivity contribution in [2.75, 3.05) is 6.61 Å². The maximum atomic E-state index is 9.88. The Morgan fingerprint density at radius 1 is 1.58 bits per heavy atom. The van der Waals surface area contributed by atoms with Crippen molar-refractivity contribution >= 4 is 5.97 Å². The average molecular weight is 179 g/mol. The number of rotatable bonds is 3. The van der Waals surface area contributed by atoms with Crippen LogP contribution in [0.15, 0.2) is 12.2 Å². The topological polar surface area (TPSA) is 121 Å². The van der Waals surface area contributed by atoms with Gasteiger partial charge in [-0.25, -0.2) is 4.79 Å². The normalized spacial score (nSPS) is 7.75. The van der Waals surface area contributed by atoms with E-state index in [1.54, 1.807) is 0 Å². The molecular weight excluding hydrogens is 170 g/mol. The smallest absolute Gasteiger partial charge is 0.331 e. The quantitative estimate of drug-likeness (QED) is 0.309. The zero-order valence-corrected chi connectivity index (χ0v) is 6.13. The van der Waals surface area contributed by atoms with Crippen LogP contribution in [0.5, 0.6) is 0 Å². The van der Waals surface area contributed by atoms with Gasteiger partial charge in [-0.2, -0.15) is 0 Å². The number of hydrogen-bond donors (Lipinski definition) is 3. The van der Waals surface area contributed by atoms with Crippen LogP contribution in [-0.2, 0) is 4.79 Å². The molecule has 0 amide bonds. The van der Waals surface area contributed by atoms with Crippen molar-refractivity contribution in [3.8, 4) is 0 Å². The molecule has 0 radical (unpaired) electrons. The van der Waals surface area contributed by atoms with Gasteiger partial charge in [-0.1, -0.05) is 6.58 Å². The molecule has 0 aromatic carbocycles. The van der Waals surface area contributed by atoms with E-state index < -0.39 is 11.1 Å². The fraction of sp³-hybridized carbons (Fsp3) is 0.400. The van der Waals surface area contributed by atoms with E-state index in [4.69, 9.17) is 25.5 Å². The number of aliphatic hydroxyl groups excluding tert-OH is 1. The third-order valence-electron chi connectivity index (χ3n) is 0.716. The fourth-order valence-electron chi connectivity index (χ4n) is 0.242. The molecule has 0 unspecified atom stereocenters. The Bertz CT molecular complexity index is 173. The Kier molecular flexibility index (Phi) is 8.10. The highest BCUT2D eigenvalue weighted by atomic mass is 16.9. The largest absolute Gasteiger partial charge is 0.478 e. The van der Waals surface area contributed by atoms with Crippen molar-refractivity contribution < 1.29 is 25.3 Å². The molecule has 0 saturated heterocycles. The molecule has 0 aromatic heterocycles. The number of aliphatic carboxylic acids is 1. The molecule has 0 aliphatic heterocycles. The van der Waals surface area contributed by atoms with E-state index in [0.717, 1.165) is 0 Å². The highest BCUT2D eigenvalue weighted by Crippen LogP contribution is 1.94. The SMILES string of the molecule is C=C(CCO)C(=O)O.O=[N+]([O-])O. The summed E-state index contributed by atoms with van der Waals surface area (Å²) in [6.07, 6.45) is 0.148. The minimum Gasteiger partial charge on any atom is -0.478 e.